The fourth-order valence-electron chi connectivity index (χ4n) is 2.90. The van der Waals surface area contributed by atoms with Gasteiger partial charge in [-0.3, -0.25) is 10.1 Å². The van der Waals surface area contributed by atoms with Gasteiger partial charge in [0, 0.05) is 12.6 Å². The molecule has 0 aromatic carbocycles. The molecule has 0 bridgehead atoms. The second kappa shape index (κ2) is 6.02. The van der Waals surface area contributed by atoms with Gasteiger partial charge in [0.2, 0.25) is 11.8 Å². The van der Waals surface area contributed by atoms with Gasteiger partial charge in [0.25, 0.3) is 0 Å². The average molecular weight is 279 g/mol. The number of anilines is 2. The van der Waals surface area contributed by atoms with E-state index in [0.717, 1.165) is 38.6 Å². The summed E-state index contributed by atoms with van der Waals surface area (Å²) in [6.45, 7) is 4.53. The van der Waals surface area contributed by atoms with Crippen LogP contribution in [0.1, 0.15) is 44.7 Å². The van der Waals surface area contributed by atoms with Crippen LogP contribution in [0.15, 0.2) is 0 Å². The van der Waals surface area contributed by atoms with Crippen molar-refractivity contribution < 1.29 is 4.92 Å². The van der Waals surface area contributed by atoms with Crippen LogP contribution < -0.4 is 10.6 Å². The van der Waals surface area contributed by atoms with E-state index in [1.54, 1.807) is 6.92 Å². The number of nitrogen functional groups attached to an aromatic ring is 1. The first-order chi connectivity index (χ1) is 9.54. The minimum absolute atomic E-state index is 0.0118. The quantitative estimate of drug-likeness (QED) is 0.671. The van der Waals surface area contributed by atoms with Gasteiger partial charge in [0.15, 0.2) is 0 Å². The van der Waals surface area contributed by atoms with E-state index in [1.807, 2.05) is 0 Å². The Kier molecular flexibility index (Phi) is 4.36. The molecule has 110 valence electrons. The van der Waals surface area contributed by atoms with E-state index in [9.17, 15) is 10.1 Å². The Morgan fingerprint density at radius 1 is 1.45 bits per heavy atom. The molecule has 0 aliphatic carbocycles. The van der Waals surface area contributed by atoms with Gasteiger partial charge in [-0.2, -0.15) is 4.98 Å². The van der Waals surface area contributed by atoms with Crippen molar-refractivity contribution in [1.29, 1.82) is 0 Å². The third-order valence-electron chi connectivity index (χ3n) is 3.76. The summed E-state index contributed by atoms with van der Waals surface area (Å²) in [7, 11) is 0. The van der Waals surface area contributed by atoms with Gasteiger partial charge in [0.1, 0.15) is 5.69 Å². The Morgan fingerprint density at radius 3 is 2.85 bits per heavy atom. The average Bonchev–Trinajstić information content (AvgIpc) is 2.38. The van der Waals surface area contributed by atoms with Gasteiger partial charge in [0.05, 0.1) is 4.92 Å². The lowest BCUT2D eigenvalue weighted by atomic mass is 9.98. The smallest absolute Gasteiger partial charge is 0.332 e. The number of nitrogens with two attached hydrogens (primary N) is 1. The molecule has 0 spiro atoms. The van der Waals surface area contributed by atoms with Crippen LogP contribution in [0.3, 0.4) is 0 Å². The summed E-state index contributed by atoms with van der Waals surface area (Å²) < 4.78 is 0. The molecule has 1 saturated heterocycles. The first-order valence-corrected chi connectivity index (χ1v) is 7.09. The molecule has 1 aromatic rings. The van der Waals surface area contributed by atoms with Gasteiger partial charge < -0.3 is 10.6 Å². The van der Waals surface area contributed by atoms with Crippen LogP contribution in [-0.4, -0.2) is 27.5 Å². The second-order valence-corrected chi connectivity index (χ2v) is 5.23. The van der Waals surface area contributed by atoms with Gasteiger partial charge >= 0.3 is 5.69 Å². The minimum atomic E-state index is -0.401. The molecule has 2 rings (SSSR count). The van der Waals surface area contributed by atoms with Crippen molar-refractivity contribution in [3.63, 3.8) is 0 Å². The lowest BCUT2D eigenvalue weighted by molar-refractivity contribution is -0.385. The molecule has 1 aliphatic rings. The van der Waals surface area contributed by atoms with Gasteiger partial charge in [-0.25, -0.2) is 4.98 Å². The Morgan fingerprint density at radius 2 is 2.20 bits per heavy atom. The summed E-state index contributed by atoms with van der Waals surface area (Å²) in [6, 6.07) is 0.307. The number of aryl methyl sites for hydroxylation is 1. The molecule has 20 heavy (non-hydrogen) atoms. The number of hydrogen-bond acceptors (Lipinski definition) is 6. The standard InChI is InChI=1S/C13H21N5O2/c1-3-6-10-7-4-5-8-17(10)12-11(18(19)20)9(2)15-13(14)16-12/h10H,3-8H2,1-2H3,(H2,14,15,16). The van der Waals surface area contributed by atoms with E-state index in [4.69, 9.17) is 5.73 Å². The molecule has 7 heteroatoms. The van der Waals surface area contributed by atoms with Crippen LogP contribution in [0.4, 0.5) is 17.5 Å². The van der Waals surface area contributed by atoms with Gasteiger partial charge in [-0.05, 0) is 32.6 Å². The number of piperidine rings is 1. The van der Waals surface area contributed by atoms with E-state index < -0.39 is 4.92 Å². The highest BCUT2D eigenvalue weighted by Crippen LogP contribution is 2.34. The maximum absolute atomic E-state index is 11.3. The Labute approximate surface area is 118 Å². The second-order valence-electron chi connectivity index (χ2n) is 5.23. The van der Waals surface area contributed by atoms with Crippen molar-refractivity contribution >= 4 is 17.5 Å². The van der Waals surface area contributed by atoms with Crippen molar-refractivity contribution in [1.82, 2.24) is 9.97 Å². The van der Waals surface area contributed by atoms with Crippen molar-refractivity contribution in [3.8, 4) is 0 Å². The molecule has 0 saturated carbocycles. The number of rotatable bonds is 4. The summed E-state index contributed by atoms with van der Waals surface area (Å²) in [5.74, 6) is 0.488. The summed E-state index contributed by atoms with van der Waals surface area (Å²) in [5, 5.41) is 11.3. The molecule has 2 N–H and O–H groups in total. The predicted molar refractivity (Wildman–Crippen MR) is 77.7 cm³/mol. The molecule has 1 fully saturated rings. The monoisotopic (exact) mass is 279 g/mol. The highest BCUT2D eigenvalue weighted by atomic mass is 16.6. The number of nitrogens with zero attached hydrogens (tertiary/aromatic N) is 4. The van der Waals surface area contributed by atoms with Crippen molar-refractivity contribution in [2.24, 2.45) is 0 Å². The fraction of sp³-hybridized carbons (Fsp3) is 0.692. The molecule has 1 aromatic heterocycles. The lowest BCUT2D eigenvalue weighted by Crippen LogP contribution is -2.40. The third-order valence-corrected chi connectivity index (χ3v) is 3.76. The van der Waals surface area contributed by atoms with E-state index in [-0.39, 0.29) is 11.6 Å². The lowest BCUT2D eigenvalue weighted by Gasteiger charge is -2.36. The Hall–Kier alpha value is -1.92. The topological polar surface area (TPSA) is 98.2 Å². The molecule has 1 aliphatic heterocycles. The van der Waals surface area contributed by atoms with E-state index in [1.165, 1.54) is 0 Å². The Bertz CT molecular complexity index is 504. The maximum atomic E-state index is 11.3. The summed E-state index contributed by atoms with van der Waals surface area (Å²) in [4.78, 5) is 21.1. The normalized spacial score (nSPS) is 19.1. The highest BCUT2D eigenvalue weighted by Gasteiger charge is 2.31. The van der Waals surface area contributed by atoms with Crippen molar-refractivity contribution in [2.75, 3.05) is 17.2 Å². The summed E-state index contributed by atoms with van der Waals surface area (Å²) in [5.41, 5.74) is 6.00. The molecular weight excluding hydrogens is 258 g/mol. The first kappa shape index (κ1) is 14.5. The van der Waals surface area contributed by atoms with E-state index in [2.05, 4.69) is 21.8 Å². The molecule has 0 radical (unpaired) electrons. The van der Waals surface area contributed by atoms with Crippen LogP contribution in [-0.2, 0) is 0 Å². The predicted octanol–water partition coefficient (Wildman–Crippen LogP) is 2.43. The van der Waals surface area contributed by atoms with Gasteiger partial charge in [-0.1, -0.05) is 13.3 Å². The van der Waals surface area contributed by atoms with Crippen LogP contribution in [0.2, 0.25) is 0 Å². The van der Waals surface area contributed by atoms with Crippen LogP contribution in [0, 0.1) is 17.0 Å². The molecule has 1 atom stereocenters. The van der Waals surface area contributed by atoms with Crippen molar-refractivity contribution in [3.05, 3.63) is 15.8 Å². The number of nitro groups is 1. The zero-order valence-electron chi connectivity index (χ0n) is 12.0. The van der Waals surface area contributed by atoms with Crippen LogP contribution >= 0.6 is 0 Å². The Balaban J connectivity index is 2.46. The molecule has 1 unspecified atom stereocenters. The first-order valence-electron chi connectivity index (χ1n) is 7.09. The van der Waals surface area contributed by atoms with Gasteiger partial charge in [-0.15, -0.1) is 0 Å². The minimum Gasteiger partial charge on any atom is -0.368 e. The summed E-state index contributed by atoms with van der Waals surface area (Å²) >= 11 is 0. The maximum Gasteiger partial charge on any atom is 0.332 e. The molecule has 0 amide bonds. The third kappa shape index (κ3) is 2.81. The van der Waals surface area contributed by atoms with Crippen LogP contribution in [0.25, 0.3) is 0 Å². The van der Waals surface area contributed by atoms with E-state index in [0.29, 0.717) is 17.6 Å². The molecule has 7 nitrogen and oxygen atoms in total. The molecule has 2 heterocycles. The van der Waals surface area contributed by atoms with Crippen LogP contribution in [0.5, 0.6) is 0 Å². The fourth-order valence-corrected chi connectivity index (χ4v) is 2.90. The zero-order valence-corrected chi connectivity index (χ0v) is 12.0. The molecular formula is C13H21N5O2. The zero-order chi connectivity index (χ0) is 14.7. The SMILES string of the molecule is CCCC1CCCCN1c1nc(N)nc(C)c1[N+](=O)[O-]. The largest absolute Gasteiger partial charge is 0.368 e. The number of hydrogen-bond donors (Lipinski definition) is 1. The van der Waals surface area contributed by atoms with E-state index >= 15 is 0 Å². The highest BCUT2D eigenvalue weighted by molar-refractivity contribution is 5.62. The van der Waals surface area contributed by atoms with Crippen molar-refractivity contribution in [2.45, 2.75) is 52.0 Å². The number of aromatic nitrogens is 2. The summed E-state index contributed by atoms with van der Waals surface area (Å²) in [6.07, 6.45) is 5.30.